The Morgan fingerprint density at radius 2 is 1.76 bits per heavy atom. The summed E-state index contributed by atoms with van der Waals surface area (Å²) < 4.78 is 6.38. The van der Waals surface area contributed by atoms with Crippen molar-refractivity contribution in [2.45, 2.75) is 43.6 Å². The number of benzene rings is 2. The smallest absolute Gasteiger partial charge is 0.246 e. The Balaban J connectivity index is 1.41. The molecule has 2 aromatic carbocycles. The maximum Gasteiger partial charge on any atom is 0.246 e. The van der Waals surface area contributed by atoms with Crippen LogP contribution in [0.25, 0.3) is 0 Å². The van der Waals surface area contributed by atoms with Crippen LogP contribution >= 0.6 is 0 Å². The Bertz CT molecular complexity index is 1060. The SMILES string of the molecule is O=C(NCc1ccccc1)C1N(CCCO)C(=O)[C@@H]2[C@@H](C(=O)Nc3ccccc3)[C@H]3CCC12O3. The van der Waals surface area contributed by atoms with Crippen LogP contribution in [0.3, 0.4) is 0 Å². The molecule has 0 saturated carbocycles. The second-order valence-corrected chi connectivity index (χ2v) is 9.22. The second kappa shape index (κ2) is 9.19. The Kier molecular flexibility index (Phi) is 6.10. The lowest BCUT2D eigenvalue weighted by atomic mass is 9.70. The van der Waals surface area contributed by atoms with Crippen molar-refractivity contribution in [3.63, 3.8) is 0 Å². The van der Waals surface area contributed by atoms with Gasteiger partial charge < -0.3 is 25.4 Å². The average molecular weight is 464 g/mol. The zero-order valence-corrected chi connectivity index (χ0v) is 18.9. The number of aliphatic hydroxyl groups is 1. The monoisotopic (exact) mass is 463 g/mol. The number of aliphatic hydroxyl groups excluding tert-OH is 1. The summed E-state index contributed by atoms with van der Waals surface area (Å²) >= 11 is 0. The fourth-order valence-electron chi connectivity index (χ4n) is 5.86. The molecule has 2 bridgehead atoms. The maximum atomic E-state index is 13.6. The van der Waals surface area contributed by atoms with Crippen molar-refractivity contribution >= 4 is 23.4 Å². The average Bonchev–Trinajstić information content (AvgIpc) is 3.50. The molecule has 3 N–H and O–H groups in total. The number of nitrogens with zero attached hydrogens (tertiary/aromatic N) is 1. The number of anilines is 1. The zero-order chi connectivity index (χ0) is 23.7. The summed E-state index contributed by atoms with van der Waals surface area (Å²) in [4.78, 5) is 41.9. The number of ether oxygens (including phenoxy) is 1. The van der Waals surface area contributed by atoms with E-state index >= 15 is 0 Å². The summed E-state index contributed by atoms with van der Waals surface area (Å²) in [6.07, 6.45) is 1.11. The molecule has 34 heavy (non-hydrogen) atoms. The van der Waals surface area contributed by atoms with E-state index in [-0.39, 0.29) is 30.9 Å². The van der Waals surface area contributed by atoms with Gasteiger partial charge in [0.15, 0.2) is 0 Å². The third kappa shape index (κ3) is 3.76. The van der Waals surface area contributed by atoms with Gasteiger partial charge in [0, 0.05) is 25.4 Å². The van der Waals surface area contributed by atoms with Crippen molar-refractivity contribution in [3.05, 3.63) is 66.2 Å². The predicted molar refractivity (Wildman–Crippen MR) is 124 cm³/mol. The highest BCUT2D eigenvalue weighted by atomic mass is 16.5. The van der Waals surface area contributed by atoms with E-state index in [1.54, 1.807) is 12.1 Å². The van der Waals surface area contributed by atoms with Gasteiger partial charge in [-0.15, -0.1) is 0 Å². The molecule has 1 spiro atoms. The minimum atomic E-state index is -1.03. The van der Waals surface area contributed by atoms with E-state index in [2.05, 4.69) is 10.6 Å². The van der Waals surface area contributed by atoms with E-state index in [0.717, 1.165) is 5.56 Å². The van der Waals surface area contributed by atoms with Crippen molar-refractivity contribution in [2.75, 3.05) is 18.5 Å². The highest BCUT2D eigenvalue weighted by Gasteiger charge is 2.74. The molecule has 5 atom stereocenters. The van der Waals surface area contributed by atoms with Gasteiger partial charge in [-0.2, -0.15) is 0 Å². The molecule has 3 aliphatic rings. The topological polar surface area (TPSA) is 108 Å². The van der Waals surface area contributed by atoms with E-state index in [0.29, 0.717) is 31.5 Å². The molecule has 3 heterocycles. The van der Waals surface area contributed by atoms with Crippen LogP contribution < -0.4 is 10.6 Å². The van der Waals surface area contributed by atoms with Gasteiger partial charge in [0.2, 0.25) is 17.7 Å². The lowest BCUT2D eigenvalue weighted by Crippen LogP contribution is -2.55. The summed E-state index contributed by atoms with van der Waals surface area (Å²) in [5, 5.41) is 15.3. The minimum Gasteiger partial charge on any atom is -0.396 e. The van der Waals surface area contributed by atoms with E-state index in [9.17, 15) is 19.5 Å². The zero-order valence-electron chi connectivity index (χ0n) is 18.9. The molecule has 2 aromatic rings. The van der Waals surface area contributed by atoms with Gasteiger partial charge in [0.25, 0.3) is 0 Å². The van der Waals surface area contributed by atoms with E-state index in [4.69, 9.17) is 4.74 Å². The van der Waals surface area contributed by atoms with Gasteiger partial charge in [-0.1, -0.05) is 48.5 Å². The molecule has 5 rings (SSSR count). The van der Waals surface area contributed by atoms with Crippen molar-refractivity contribution in [1.29, 1.82) is 0 Å². The summed E-state index contributed by atoms with van der Waals surface area (Å²) in [7, 11) is 0. The fourth-order valence-corrected chi connectivity index (χ4v) is 5.86. The second-order valence-electron chi connectivity index (χ2n) is 9.22. The van der Waals surface area contributed by atoms with Gasteiger partial charge >= 0.3 is 0 Å². The molecule has 178 valence electrons. The Morgan fingerprint density at radius 1 is 1.06 bits per heavy atom. The molecule has 3 amide bonds. The van der Waals surface area contributed by atoms with Crippen molar-refractivity contribution in [1.82, 2.24) is 10.2 Å². The Hall–Kier alpha value is -3.23. The van der Waals surface area contributed by atoms with Crippen LogP contribution in [-0.4, -0.2) is 58.6 Å². The number of carbonyl (C=O) groups is 3. The maximum absolute atomic E-state index is 13.6. The van der Waals surface area contributed by atoms with Crippen LogP contribution in [0.4, 0.5) is 5.69 Å². The molecule has 0 radical (unpaired) electrons. The van der Waals surface area contributed by atoms with Gasteiger partial charge in [-0.05, 0) is 37.0 Å². The quantitative estimate of drug-likeness (QED) is 0.552. The van der Waals surface area contributed by atoms with Crippen LogP contribution in [0.5, 0.6) is 0 Å². The molecule has 8 nitrogen and oxygen atoms in total. The van der Waals surface area contributed by atoms with Gasteiger partial charge in [0.05, 0.1) is 17.9 Å². The molecule has 3 fully saturated rings. The molecule has 3 aliphatic heterocycles. The van der Waals surface area contributed by atoms with E-state index in [1.165, 1.54) is 4.90 Å². The van der Waals surface area contributed by atoms with E-state index in [1.807, 2.05) is 48.5 Å². The first-order valence-corrected chi connectivity index (χ1v) is 11.8. The van der Waals surface area contributed by atoms with Gasteiger partial charge in [0.1, 0.15) is 11.6 Å². The molecule has 8 heteroatoms. The normalized spacial score (nSPS) is 29.2. The predicted octanol–water partition coefficient (Wildman–Crippen LogP) is 1.70. The Labute approximate surface area is 198 Å². The summed E-state index contributed by atoms with van der Waals surface area (Å²) in [6.45, 7) is 0.472. The molecule has 0 aliphatic carbocycles. The first-order valence-electron chi connectivity index (χ1n) is 11.8. The van der Waals surface area contributed by atoms with Crippen LogP contribution in [0, 0.1) is 11.8 Å². The summed E-state index contributed by atoms with van der Waals surface area (Å²) in [6, 6.07) is 17.9. The lowest BCUT2D eigenvalue weighted by molar-refractivity contribution is -0.141. The summed E-state index contributed by atoms with van der Waals surface area (Å²) in [5.41, 5.74) is 0.577. The van der Waals surface area contributed by atoms with Crippen LogP contribution in [0.2, 0.25) is 0 Å². The molecular formula is C26H29N3O5. The number of likely N-dealkylation sites (tertiary alicyclic amines) is 1. The highest BCUT2D eigenvalue weighted by molar-refractivity contribution is 6.01. The van der Waals surface area contributed by atoms with Crippen LogP contribution in [-0.2, 0) is 25.7 Å². The fraction of sp³-hybridized carbons (Fsp3) is 0.423. The number of carbonyl (C=O) groups excluding carboxylic acids is 3. The minimum absolute atomic E-state index is 0.0960. The number of nitrogens with one attached hydrogen (secondary N) is 2. The first kappa shape index (κ1) is 22.6. The molecule has 2 unspecified atom stereocenters. The first-order chi connectivity index (χ1) is 16.5. The molecule has 3 saturated heterocycles. The van der Waals surface area contributed by atoms with Crippen molar-refractivity contribution in [3.8, 4) is 0 Å². The number of hydrogen-bond donors (Lipinski definition) is 3. The van der Waals surface area contributed by atoms with Crippen LogP contribution in [0.15, 0.2) is 60.7 Å². The third-order valence-electron chi connectivity index (χ3n) is 7.26. The van der Waals surface area contributed by atoms with Gasteiger partial charge in [-0.3, -0.25) is 14.4 Å². The highest BCUT2D eigenvalue weighted by Crippen LogP contribution is 2.58. The van der Waals surface area contributed by atoms with Crippen molar-refractivity contribution in [2.24, 2.45) is 11.8 Å². The number of rotatable bonds is 8. The lowest BCUT2D eigenvalue weighted by Gasteiger charge is -2.33. The summed E-state index contributed by atoms with van der Waals surface area (Å²) in [5.74, 6) is -2.18. The Morgan fingerprint density at radius 3 is 2.47 bits per heavy atom. The number of para-hydroxylation sites is 1. The number of amides is 3. The molecule has 0 aromatic heterocycles. The van der Waals surface area contributed by atoms with Crippen molar-refractivity contribution < 1.29 is 24.2 Å². The number of hydrogen-bond acceptors (Lipinski definition) is 5. The standard InChI is InChI=1S/C26H29N3O5/c30-15-7-14-29-22(24(32)27-16-17-8-3-1-4-9-17)26-13-12-19(34-26)20(21(26)25(29)33)23(31)28-18-10-5-2-6-11-18/h1-6,8-11,19-22,30H,7,12-16H2,(H,27,32)(H,28,31)/t19-,20+,21+,22?,26?/m1/s1. The third-order valence-corrected chi connectivity index (χ3v) is 7.26. The van der Waals surface area contributed by atoms with E-state index < -0.39 is 29.6 Å². The molecular weight excluding hydrogens is 434 g/mol. The van der Waals surface area contributed by atoms with Gasteiger partial charge in [-0.25, -0.2) is 0 Å². The largest absolute Gasteiger partial charge is 0.396 e. The van der Waals surface area contributed by atoms with Crippen LogP contribution in [0.1, 0.15) is 24.8 Å². The number of fused-ring (bicyclic) bond motifs is 1.